The molecule has 1 N–H and O–H groups in total. The molecule has 0 radical (unpaired) electrons. The number of rotatable bonds is 5. The first-order chi connectivity index (χ1) is 16.7. The molecule has 5 rings (SSSR count). The second-order valence-electron chi connectivity index (χ2n) is 10.2. The number of anilines is 1. The molecule has 0 aliphatic carbocycles. The largest absolute Gasteiger partial charge is 0.598 e. The topological polar surface area (TPSA) is 107 Å². The molecule has 9 nitrogen and oxygen atoms in total. The molecule has 35 heavy (non-hydrogen) atoms. The zero-order valence-corrected chi connectivity index (χ0v) is 21.8. The van der Waals surface area contributed by atoms with Gasteiger partial charge < -0.3 is 9.45 Å². The molecule has 0 unspecified atom stereocenters. The van der Waals surface area contributed by atoms with Gasteiger partial charge >= 0.3 is 0 Å². The standard InChI is InChI=1S/C25H32N8OS/c1-16-13-18(17(2)31-35(34)25(3,4)5)21-19(14-16)23-29-22(20-15-26-9-10-27-20)30-33(23)24(28-21)32-11-7-6-8-12-32/h9-10,13-15,17,31H,6-8,11-12H2,1-5H3/t17-,35-/m1/s1. The van der Waals surface area contributed by atoms with Gasteiger partial charge in [0.15, 0.2) is 5.65 Å². The van der Waals surface area contributed by atoms with Crippen LogP contribution in [-0.4, -0.2) is 51.9 Å². The predicted octanol–water partition coefficient (Wildman–Crippen LogP) is 4.15. The molecule has 4 heterocycles. The Bertz CT molecular complexity index is 1340. The van der Waals surface area contributed by atoms with Crippen molar-refractivity contribution in [3.8, 4) is 11.5 Å². The normalized spacial score (nSPS) is 16.7. The first kappa shape index (κ1) is 23.9. The van der Waals surface area contributed by atoms with Crippen LogP contribution in [0.2, 0.25) is 0 Å². The molecule has 1 aliphatic rings. The summed E-state index contributed by atoms with van der Waals surface area (Å²) in [4.78, 5) is 21.0. The van der Waals surface area contributed by atoms with Crippen LogP contribution in [0.4, 0.5) is 5.95 Å². The number of aromatic nitrogens is 6. The quantitative estimate of drug-likeness (QED) is 0.414. The van der Waals surface area contributed by atoms with Crippen molar-refractivity contribution in [3.05, 3.63) is 41.9 Å². The van der Waals surface area contributed by atoms with Crippen LogP contribution < -0.4 is 9.62 Å². The Labute approximate surface area is 208 Å². The Morgan fingerprint density at radius 3 is 2.54 bits per heavy atom. The van der Waals surface area contributed by atoms with Gasteiger partial charge in [-0.25, -0.2) is 15.0 Å². The van der Waals surface area contributed by atoms with E-state index in [2.05, 4.69) is 38.6 Å². The van der Waals surface area contributed by atoms with Gasteiger partial charge in [0.1, 0.15) is 10.4 Å². The summed E-state index contributed by atoms with van der Waals surface area (Å²) in [5.74, 6) is 1.30. The van der Waals surface area contributed by atoms with Crippen LogP contribution in [0.1, 0.15) is 64.1 Å². The van der Waals surface area contributed by atoms with Crippen molar-refractivity contribution >= 4 is 33.9 Å². The second kappa shape index (κ2) is 9.33. The zero-order chi connectivity index (χ0) is 24.7. The van der Waals surface area contributed by atoms with Gasteiger partial charge in [0, 0.05) is 47.8 Å². The predicted molar refractivity (Wildman–Crippen MR) is 140 cm³/mol. The summed E-state index contributed by atoms with van der Waals surface area (Å²) in [7, 11) is 0. The molecule has 184 valence electrons. The fraction of sp³-hybridized carbons (Fsp3) is 0.480. The summed E-state index contributed by atoms with van der Waals surface area (Å²) < 4.78 is 17.7. The average molecular weight is 493 g/mol. The number of aryl methyl sites for hydroxylation is 1. The highest BCUT2D eigenvalue weighted by Gasteiger charge is 2.30. The molecule has 1 aromatic carbocycles. The van der Waals surface area contributed by atoms with Gasteiger partial charge in [-0.05, 0) is 65.5 Å². The van der Waals surface area contributed by atoms with Gasteiger partial charge in [-0.2, -0.15) is 4.52 Å². The van der Waals surface area contributed by atoms with Gasteiger partial charge in [-0.1, -0.05) is 6.07 Å². The van der Waals surface area contributed by atoms with Crippen molar-refractivity contribution in [1.82, 2.24) is 34.3 Å². The lowest BCUT2D eigenvalue weighted by Crippen LogP contribution is -2.40. The average Bonchev–Trinajstić information content (AvgIpc) is 3.29. The molecule has 3 aromatic heterocycles. The van der Waals surface area contributed by atoms with E-state index in [9.17, 15) is 4.55 Å². The molecule has 0 bridgehead atoms. The van der Waals surface area contributed by atoms with Crippen molar-refractivity contribution in [1.29, 1.82) is 0 Å². The Balaban J connectivity index is 1.73. The van der Waals surface area contributed by atoms with Crippen molar-refractivity contribution in [2.45, 2.75) is 64.7 Å². The summed E-state index contributed by atoms with van der Waals surface area (Å²) in [5, 5.41) is 5.74. The fourth-order valence-corrected chi connectivity index (χ4v) is 5.23. The van der Waals surface area contributed by atoms with Crippen LogP contribution in [0.25, 0.3) is 28.1 Å². The molecule has 4 aromatic rings. The number of piperidine rings is 1. The molecule has 0 spiro atoms. The van der Waals surface area contributed by atoms with Crippen LogP contribution in [0.3, 0.4) is 0 Å². The molecule has 0 saturated carbocycles. The lowest BCUT2D eigenvalue weighted by Gasteiger charge is -2.29. The molecule has 1 saturated heterocycles. The smallest absolute Gasteiger partial charge is 0.229 e. The van der Waals surface area contributed by atoms with Crippen LogP contribution in [0.5, 0.6) is 0 Å². The van der Waals surface area contributed by atoms with E-state index in [0.717, 1.165) is 59.6 Å². The first-order valence-corrected chi connectivity index (χ1v) is 13.3. The van der Waals surface area contributed by atoms with Crippen LogP contribution in [0.15, 0.2) is 30.7 Å². The second-order valence-corrected chi connectivity index (χ2v) is 12.2. The monoisotopic (exact) mass is 492 g/mol. The highest BCUT2D eigenvalue weighted by molar-refractivity contribution is 7.90. The van der Waals surface area contributed by atoms with Crippen molar-refractivity contribution in [3.63, 3.8) is 0 Å². The zero-order valence-electron chi connectivity index (χ0n) is 20.9. The van der Waals surface area contributed by atoms with E-state index in [0.29, 0.717) is 11.5 Å². The van der Waals surface area contributed by atoms with Gasteiger partial charge in [-0.3, -0.25) is 4.98 Å². The first-order valence-electron chi connectivity index (χ1n) is 12.1. The number of nitrogens with zero attached hydrogens (tertiary/aromatic N) is 7. The lowest BCUT2D eigenvalue weighted by atomic mass is 10.0. The third kappa shape index (κ3) is 4.70. The Kier molecular flexibility index (Phi) is 6.37. The molecule has 10 heteroatoms. The van der Waals surface area contributed by atoms with E-state index in [1.165, 1.54) is 6.42 Å². The Morgan fingerprint density at radius 1 is 1.09 bits per heavy atom. The summed E-state index contributed by atoms with van der Waals surface area (Å²) in [5.41, 5.74) is 4.30. The van der Waals surface area contributed by atoms with Crippen LogP contribution >= 0.6 is 0 Å². The number of fused-ring (bicyclic) bond motifs is 3. The van der Waals surface area contributed by atoms with E-state index in [4.69, 9.17) is 15.1 Å². The summed E-state index contributed by atoms with van der Waals surface area (Å²) in [6, 6.07) is 4.07. The molecule has 1 fully saturated rings. The number of nitrogens with one attached hydrogen (secondary N) is 1. The van der Waals surface area contributed by atoms with Gasteiger partial charge in [0.05, 0.1) is 17.8 Å². The SMILES string of the molecule is Cc1cc([C@@H](C)N[S@+]([O-])C(C)(C)C)c2nc(N3CCCCC3)n3nc(-c4cnccn4)nc3c2c1. The maximum absolute atomic E-state index is 12.9. The molecular formula is C25H32N8OS. The van der Waals surface area contributed by atoms with E-state index in [1.807, 2.05) is 32.2 Å². The Morgan fingerprint density at radius 2 is 1.86 bits per heavy atom. The minimum absolute atomic E-state index is 0.163. The third-order valence-corrected chi connectivity index (χ3v) is 7.95. The van der Waals surface area contributed by atoms with Crippen LogP contribution in [-0.2, 0) is 11.4 Å². The third-order valence-electron chi connectivity index (χ3n) is 6.27. The Hall–Kier alpha value is -2.82. The van der Waals surface area contributed by atoms with Crippen LogP contribution in [0, 0.1) is 6.92 Å². The van der Waals surface area contributed by atoms with E-state index in [-0.39, 0.29) is 10.8 Å². The van der Waals surface area contributed by atoms with Gasteiger partial charge in [-0.15, -0.1) is 9.82 Å². The van der Waals surface area contributed by atoms with E-state index >= 15 is 0 Å². The van der Waals surface area contributed by atoms with E-state index in [1.54, 1.807) is 18.6 Å². The van der Waals surface area contributed by atoms with E-state index < -0.39 is 11.4 Å². The molecule has 1 aliphatic heterocycles. The molecule has 2 atom stereocenters. The highest BCUT2D eigenvalue weighted by atomic mass is 32.2. The highest BCUT2D eigenvalue weighted by Crippen LogP contribution is 2.32. The number of hydrogen-bond acceptors (Lipinski definition) is 8. The van der Waals surface area contributed by atoms with Gasteiger partial charge in [0.25, 0.3) is 0 Å². The minimum Gasteiger partial charge on any atom is -0.598 e. The molecule has 0 amide bonds. The van der Waals surface area contributed by atoms with Crippen molar-refractivity contribution in [2.24, 2.45) is 0 Å². The summed E-state index contributed by atoms with van der Waals surface area (Å²) >= 11 is -1.21. The summed E-state index contributed by atoms with van der Waals surface area (Å²) in [6.07, 6.45) is 8.43. The maximum atomic E-state index is 12.9. The lowest BCUT2D eigenvalue weighted by molar-refractivity contribution is 0.531. The van der Waals surface area contributed by atoms with Crippen molar-refractivity contribution < 1.29 is 4.55 Å². The minimum atomic E-state index is -1.21. The van der Waals surface area contributed by atoms with Gasteiger partial charge in [0.2, 0.25) is 11.8 Å². The number of benzene rings is 1. The van der Waals surface area contributed by atoms with Crippen molar-refractivity contribution in [2.75, 3.05) is 18.0 Å². The molecular weight excluding hydrogens is 460 g/mol. The maximum Gasteiger partial charge on any atom is 0.229 e. The fourth-order valence-electron chi connectivity index (χ4n) is 4.43. The number of hydrogen-bond donors (Lipinski definition) is 1. The summed E-state index contributed by atoms with van der Waals surface area (Å²) in [6.45, 7) is 11.9.